The van der Waals surface area contributed by atoms with Crippen LogP contribution in [0.25, 0.3) is 0 Å². The molecule has 0 fully saturated rings. The highest BCUT2D eigenvalue weighted by atomic mass is 16.6. The number of hydrogen-bond acceptors (Lipinski definition) is 5. The zero-order valence-electron chi connectivity index (χ0n) is 11.9. The van der Waals surface area contributed by atoms with Gasteiger partial charge in [0.25, 0.3) is 0 Å². The Hall–Kier alpha value is -1.92. The lowest BCUT2D eigenvalue weighted by Gasteiger charge is -2.27. The first-order valence-electron chi connectivity index (χ1n) is 6.35. The maximum absolute atomic E-state index is 11.7. The van der Waals surface area contributed by atoms with E-state index in [1.54, 1.807) is 4.90 Å². The second kappa shape index (κ2) is 8.23. The lowest BCUT2D eigenvalue weighted by molar-refractivity contribution is -0.426. The minimum absolute atomic E-state index is 0.0190. The number of aliphatic imine (C=N–C) groups is 1. The fourth-order valence-electron chi connectivity index (χ4n) is 1.51. The molecule has 0 aliphatic carbocycles. The molecule has 0 radical (unpaired) electrons. The second-order valence-corrected chi connectivity index (χ2v) is 4.11. The van der Waals surface area contributed by atoms with Crippen molar-refractivity contribution in [1.29, 1.82) is 0 Å². The highest BCUT2D eigenvalue weighted by Gasteiger charge is 2.21. The normalized spacial score (nSPS) is 15.5. The summed E-state index contributed by atoms with van der Waals surface area (Å²) in [5, 5.41) is 10.4. The summed E-state index contributed by atoms with van der Waals surface area (Å²) in [4.78, 5) is 27.2. The summed E-state index contributed by atoms with van der Waals surface area (Å²) in [6, 6.07) is 0. The molecule has 0 saturated heterocycles. The number of nitrogens with two attached hydrogens (primary N) is 1. The lowest BCUT2D eigenvalue weighted by atomic mass is 10.1. The van der Waals surface area contributed by atoms with Crippen LogP contribution in [0, 0.1) is 16.0 Å². The maximum atomic E-state index is 11.7. The van der Waals surface area contributed by atoms with E-state index in [1.807, 2.05) is 27.7 Å². The molecule has 0 aromatic heterocycles. The van der Waals surface area contributed by atoms with E-state index in [4.69, 9.17) is 5.73 Å². The number of hydrogen-bond donors (Lipinski definition) is 1. The molecule has 0 unspecified atom stereocenters. The summed E-state index contributed by atoms with van der Waals surface area (Å²) in [5.74, 6) is -0.528. The fraction of sp³-hybridized carbons (Fsp3) is 0.667. The predicted molar refractivity (Wildman–Crippen MR) is 74.3 cm³/mol. The van der Waals surface area contributed by atoms with Gasteiger partial charge in [0.1, 0.15) is 0 Å². The highest BCUT2D eigenvalue weighted by Crippen LogP contribution is 2.06. The second-order valence-electron chi connectivity index (χ2n) is 4.11. The Morgan fingerprint density at radius 1 is 1.53 bits per heavy atom. The molecule has 1 amide bonds. The van der Waals surface area contributed by atoms with Gasteiger partial charge in [-0.15, -0.1) is 0 Å². The Kier molecular flexibility index (Phi) is 7.40. The van der Waals surface area contributed by atoms with Crippen LogP contribution in [-0.4, -0.2) is 41.1 Å². The molecule has 1 heterocycles. The molecule has 0 bridgehead atoms. The third-order valence-electron chi connectivity index (χ3n) is 2.37. The highest BCUT2D eigenvalue weighted by molar-refractivity contribution is 5.99. The van der Waals surface area contributed by atoms with Crippen LogP contribution in [0.15, 0.2) is 16.9 Å². The summed E-state index contributed by atoms with van der Waals surface area (Å²) < 4.78 is 0. The fourth-order valence-corrected chi connectivity index (χ4v) is 1.51. The van der Waals surface area contributed by atoms with Crippen LogP contribution in [0.5, 0.6) is 0 Å². The Morgan fingerprint density at radius 2 is 2.11 bits per heavy atom. The first kappa shape index (κ1) is 17.1. The summed E-state index contributed by atoms with van der Waals surface area (Å²) in [7, 11) is 0. The van der Waals surface area contributed by atoms with Crippen LogP contribution >= 0.6 is 0 Å². The first-order valence-corrected chi connectivity index (χ1v) is 6.35. The van der Waals surface area contributed by atoms with Crippen molar-refractivity contribution in [1.82, 2.24) is 4.90 Å². The number of nitrogens with zero attached hydrogens (tertiary/aromatic N) is 3. The zero-order chi connectivity index (χ0) is 15.0. The van der Waals surface area contributed by atoms with Crippen molar-refractivity contribution < 1.29 is 9.72 Å². The molecule has 108 valence electrons. The standard InChI is InChI=1S/C10H16N4O3.C2H6/c1-7(2)10(15)13-4-3-12-8(6-13)5-9(11)14(16)17;1-2/h5,7H,3-4,6,11H2,1-2H3;1-2H3/b9-5+;. The van der Waals surface area contributed by atoms with E-state index >= 15 is 0 Å². The van der Waals surface area contributed by atoms with Crippen LogP contribution in [0.2, 0.25) is 0 Å². The van der Waals surface area contributed by atoms with E-state index < -0.39 is 10.7 Å². The van der Waals surface area contributed by atoms with Gasteiger partial charge in [0.2, 0.25) is 5.91 Å². The molecule has 2 N–H and O–H groups in total. The van der Waals surface area contributed by atoms with Crippen molar-refractivity contribution in [3.63, 3.8) is 0 Å². The number of nitro groups is 1. The van der Waals surface area contributed by atoms with E-state index in [-0.39, 0.29) is 18.4 Å². The molecule has 0 spiro atoms. The lowest BCUT2D eigenvalue weighted by Crippen LogP contribution is -2.42. The molecular weight excluding hydrogens is 248 g/mol. The molecular formula is C12H22N4O3. The molecule has 0 saturated carbocycles. The van der Waals surface area contributed by atoms with Gasteiger partial charge >= 0.3 is 5.82 Å². The Balaban J connectivity index is 0.00000154. The van der Waals surface area contributed by atoms with Gasteiger partial charge in [-0.05, 0) is 4.92 Å². The molecule has 7 nitrogen and oxygen atoms in total. The largest absolute Gasteiger partial charge is 0.358 e. The quantitative estimate of drug-likeness (QED) is 0.611. The number of carbonyl (C=O) groups is 1. The average Bonchev–Trinajstić information content (AvgIpc) is 2.40. The van der Waals surface area contributed by atoms with Gasteiger partial charge in [0.15, 0.2) is 0 Å². The average molecular weight is 270 g/mol. The number of amides is 1. The van der Waals surface area contributed by atoms with E-state index in [9.17, 15) is 14.9 Å². The van der Waals surface area contributed by atoms with Gasteiger partial charge in [-0.3, -0.25) is 15.5 Å². The van der Waals surface area contributed by atoms with E-state index in [0.29, 0.717) is 18.8 Å². The molecule has 0 atom stereocenters. The van der Waals surface area contributed by atoms with Crippen LogP contribution in [-0.2, 0) is 4.79 Å². The van der Waals surface area contributed by atoms with Crippen LogP contribution in [0.1, 0.15) is 27.7 Å². The Labute approximate surface area is 113 Å². The zero-order valence-corrected chi connectivity index (χ0v) is 11.9. The van der Waals surface area contributed by atoms with E-state index in [1.165, 1.54) is 6.08 Å². The molecule has 19 heavy (non-hydrogen) atoms. The minimum Gasteiger partial charge on any atom is -0.358 e. The summed E-state index contributed by atoms with van der Waals surface area (Å²) in [6.45, 7) is 8.91. The maximum Gasteiger partial charge on any atom is 0.315 e. The third kappa shape index (κ3) is 5.50. The van der Waals surface area contributed by atoms with E-state index in [0.717, 1.165) is 0 Å². The van der Waals surface area contributed by atoms with Crippen LogP contribution < -0.4 is 5.73 Å². The summed E-state index contributed by atoms with van der Waals surface area (Å²) in [6.07, 6.45) is 1.21. The molecule has 0 aromatic carbocycles. The molecule has 0 aromatic rings. The van der Waals surface area contributed by atoms with Crippen molar-refractivity contribution in [2.24, 2.45) is 16.6 Å². The van der Waals surface area contributed by atoms with Crippen molar-refractivity contribution >= 4 is 11.6 Å². The van der Waals surface area contributed by atoms with Gasteiger partial charge in [0.05, 0.1) is 24.9 Å². The van der Waals surface area contributed by atoms with Crippen molar-refractivity contribution in [2.75, 3.05) is 19.6 Å². The summed E-state index contributed by atoms with van der Waals surface area (Å²) in [5.41, 5.74) is 5.68. The molecule has 1 aliphatic heterocycles. The predicted octanol–water partition coefficient (Wildman–Crippen LogP) is 1.03. The van der Waals surface area contributed by atoms with Crippen molar-refractivity contribution in [2.45, 2.75) is 27.7 Å². The summed E-state index contributed by atoms with van der Waals surface area (Å²) >= 11 is 0. The smallest absolute Gasteiger partial charge is 0.315 e. The van der Waals surface area contributed by atoms with Gasteiger partial charge in [0, 0.05) is 12.5 Å². The van der Waals surface area contributed by atoms with Crippen LogP contribution in [0.4, 0.5) is 0 Å². The van der Waals surface area contributed by atoms with Gasteiger partial charge in [-0.25, -0.2) is 0 Å². The monoisotopic (exact) mass is 270 g/mol. The van der Waals surface area contributed by atoms with Gasteiger partial charge in [-0.2, -0.15) is 0 Å². The SMILES string of the molecule is CC.CC(C)C(=O)N1CCN=C(/C=C(\N)[N+](=O)[O-])C1. The number of carbonyl (C=O) groups excluding carboxylic acids is 1. The molecule has 1 aliphatic rings. The Bertz CT molecular complexity index is 388. The topological polar surface area (TPSA) is 102 Å². The Morgan fingerprint density at radius 3 is 2.58 bits per heavy atom. The first-order chi connectivity index (χ1) is 8.91. The van der Waals surface area contributed by atoms with Crippen molar-refractivity contribution in [3.05, 3.63) is 22.0 Å². The van der Waals surface area contributed by atoms with E-state index in [2.05, 4.69) is 4.99 Å². The van der Waals surface area contributed by atoms with Crippen LogP contribution in [0.3, 0.4) is 0 Å². The number of rotatable bonds is 3. The molecule has 1 rings (SSSR count). The van der Waals surface area contributed by atoms with Crippen molar-refractivity contribution in [3.8, 4) is 0 Å². The molecule has 7 heteroatoms. The minimum atomic E-state index is -0.675. The van der Waals surface area contributed by atoms with Gasteiger partial charge < -0.3 is 15.0 Å². The van der Waals surface area contributed by atoms with Gasteiger partial charge in [-0.1, -0.05) is 27.7 Å². The third-order valence-corrected chi connectivity index (χ3v) is 2.37.